The Morgan fingerprint density at radius 3 is 2.69 bits per heavy atom. The van der Waals surface area contributed by atoms with Crippen molar-refractivity contribution in [1.29, 1.82) is 0 Å². The van der Waals surface area contributed by atoms with E-state index in [9.17, 15) is 18.4 Å². The molecule has 26 heavy (non-hydrogen) atoms. The largest absolute Gasteiger partial charge is 0.434 e. The third kappa shape index (κ3) is 4.02. The summed E-state index contributed by atoms with van der Waals surface area (Å²) in [6.07, 6.45) is 1.15. The molecular formula is C18H15F2N3O3. The van der Waals surface area contributed by atoms with Crippen molar-refractivity contribution in [2.75, 3.05) is 0 Å². The zero-order chi connectivity index (χ0) is 18.5. The topological polar surface area (TPSA) is 73.2 Å². The van der Waals surface area contributed by atoms with Crippen LogP contribution in [-0.2, 0) is 17.9 Å². The average molecular weight is 359 g/mol. The molecule has 0 spiro atoms. The average Bonchev–Trinajstić information content (AvgIpc) is 2.63. The molecule has 1 aromatic heterocycles. The van der Waals surface area contributed by atoms with Gasteiger partial charge in [0.05, 0.1) is 11.7 Å². The minimum atomic E-state index is -2.94. The SMILES string of the molecule is O=C(Cn1ncc(=O)c2ccccc21)NCc1ccccc1OC(F)F. The Morgan fingerprint density at radius 1 is 1.15 bits per heavy atom. The predicted octanol–water partition coefficient (Wildman–Crippen LogP) is 2.31. The number of para-hydroxylation sites is 2. The number of amides is 1. The quantitative estimate of drug-likeness (QED) is 0.733. The number of benzene rings is 2. The van der Waals surface area contributed by atoms with E-state index in [-0.39, 0.29) is 30.2 Å². The summed E-state index contributed by atoms with van der Waals surface area (Å²) in [6.45, 7) is -3.03. The zero-order valence-corrected chi connectivity index (χ0v) is 13.6. The van der Waals surface area contributed by atoms with Gasteiger partial charge in [-0.05, 0) is 18.2 Å². The maximum absolute atomic E-state index is 12.4. The van der Waals surface area contributed by atoms with Gasteiger partial charge in [0.2, 0.25) is 11.3 Å². The van der Waals surface area contributed by atoms with Crippen molar-refractivity contribution < 1.29 is 18.3 Å². The van der Waals surface area contributed by atoms with Gasteiger partial charge in [0.15, 0.2) is 0 Å². The molecule has 6 nitrogen and oxygen atoms in total. The van der Waals surface area contributed by atoms with E-state index >= 15 is 0 Å². The fraction of sp³-hybridized carbons (Fsp3) is 0.167. The van der Waals surface area contributed by atoms with Crippen LogP contribution in [0.4, 0.5) is 8.78 Å². The van der Waals surface area contributed by atoms with Gasteiger partial charge in [-0.25, -0.2) is 0 Å². The number of fused-ring (bicyclic) bond motifs is 1. The number of carbonyl (C=O) groups excluding carboxylic acids is 1. The van der Waals surface area contributed by atoms with Crippen LogP contribution < -0.4 is 15.5 Å². The van der Waals surface area contributed by atoms with Crippen molar-refractivity contribution >= 4 is 16.8 Å². The van der Waals surface area contributed by atoms with E-state index in [1.807, 2.05) is 0 Å². The van der Waals surface area contributed by atoms with Crippen molar-refractivity contribution in [2.24, 2.45) is 0 Å². The second kappa shape index (κ2) is 7.73. The smallest absolute Gasteiger partial charge is 0.387 e. The number of nitrogens with one attached hydrogen (secondary N) is 1. The Bertz CT molecular complexity index is 989. The molecule has 0 fully saturated rings. The first kappa shape index (κ1) is 17.5. The number of alkyl halides is 2. The highest BCUT2D eigenvalue weighted by atomic mass is 19.3. The normalized spacial score (nSPS) is 10.9. The standard InChI is InChI=1S/C18H15F2N3O3/c19-18(20)26-16-8-4-1-5-12(16)9-21-17(25)11-23-14-7-3-2-6-13(14)15(24)10-22-23/h1-8,10,18H,9,11H2,(H,21,25). The number of hydrogen-bond acceptors (Lipinski definition) is 4. The summed E-state index contributed by atoms with van der Waals surface area (Å²) in [5, 5.41) is 7.08. The van der Waals surface area contributed by atoms with E-state index in [2.05, 4.69) is 15.2 Å². The lowest BCUT2D eigenvalue weighted by molar-refractivity contribution is -0.121. The number of hydrogen-bond donors (Lipinski definition) is 1. The highest BCUT2D eigenvalue weighted by Gasteiger charge is 2.11. The molecule has 2 aromatic carbocycles. The van der Waals surface area contributed by atoms with Crippen molar-refractivity contribution in [3.8, 4) is 5.75 Å². The maximum Gasteiger partial charge on any atom is 0.387 e. The molecule has 134 valence electrons. The molecule has 0 radical (unpaired) electrons. The second-order valence-electron chi connectivity index (χ2n) is 5.45. The minimum absolute atomic E-state index is 0.00901. The second-order valence-corrected chi connectivity index (χ2v) is 5.45. The summed E-state index contributed by atoms with van der Waals surface area (Å²) >= 11 is 0. The lowest BCUT2D eigenvalue weighted by Crippen LogP contribution is -2.29. The Kier molecular flexibility index (Phi) is 5.21. The van der Waals surface area contributed by atoms with Gasteiger partial charge < -0.3 is 10.1 Å². The van der Waals surface area contributed by atoms with Crippen molar-refractivity contribution in [3.05, 3.63) is 70.5 Å². The van der Waals surface area contributed by atoms with Crippen molar-refractivity contribution in [1.82, 2.24) is 15.1 Å². The first-order chi connectivity index (χ1) is 12.5. The van der Waals surface area contributed by atoms with Gasteiger partial charge in [-0.3, -0.25) is 14.3 Å². The Labute approximate surface area is 147 Å². The summed E-state index contributed by atoms with van der Waals surface area (Å²) in [7, 11) is 0. The van der Waals surface area contributed by atoms with E-state index < -0.39 is 6.61 Å². The predicted molar refractivity (Wildman–Crippen MR) is 90.9 cm³/mol. The molecular weight excluding hydrogens is 344 g/mol. The van der Waals surface area contributed by atoms with E-state index in [1.165, 1.54) is 10.7 Å². The molecule has 8 heteroatoms. The molecule has 1 N–H and O–H groups in total. The summed E-state index contributed by atoms with van der Waals surface area (Å²) in [4.78, 5) is 24.0. The van der Waals surface area contributed by atoms with Crippen LogP contribution >= 0.6 is 0 Å². The first-order valence-corrected chi connectivity index (χ1v) is 7.79. The van der Waals surface area contributed by atoms with Gasteiger partial charge in [0, 0.05) is 17.5 Å². The summed E-state index contributed by atoms with van der Waals surface area (Å²) < 4.78 is 30.7. The molecule has 0 saturated heterocycles. The molecule has 1 heterocycles. The highest BCUT2D eigenvalue weighted by Crippen LogP contribution is 2.19. The number of halogens is 2. The molecule has 1 amide bonds. The molecule has 3 rings (SSSR count). The molecule has 0 aliphatic heterocycles. The number of carbonyl (C=O) groups is 1. The lowest BCUT2D eigenvalue weighted by Gasteiger charge is -2.12. The molecule has 0 saturated carbocycles. The molecule has 0 bridgehead atoms. The van der Waals surface area contributed by atoms with Gasteiger partial charge >= 0.3 is 6.61 Å². The van der Waals surface area contributed by atoms with Crippen LogP contribution in [0.5, 0.6) is 5.75 Å². The highest BCUT2D eigenvalue weighted by molar-refractivity contribution is 5.81. The number of rotatable bonds is 6. The third-order valence-corrected chi connectivity index (χ3v) is 3.72. The van der Waals surface area contributed by atoms with Crippen LogP contribution in [-0.4, -0.2) is 22.3 Å². The van der Waals surface area contributed by atoms with Crippen LogP contribution in [0.15, 0.2) is 59.5 Å². The number of ether oxygens (including phenoxy) is 1. The van der Waals surface area contributed by atoms with Crippen LogP contribution in [0, 0.1) is 0 Å². The fourth-order valence-electron chi connectivity index (χ4n) is 2.53. The van der Waals surface area contributed by atoms with E-state index in [0.29, 0.717) is 16.5 Å². The fourth-order valence-corrected chi connectivity index (χ4v) is 2.53. The number of aromatic nitrogens is 2. The van der Waals surface area contributed by atoms with Gasteiger partial charge in [-0.2, -0.15) is 13.9 Å². The minimum Gasteiger partial charge on any atom is -0.434 e. The van der Waals surface area contributed by atoms with Gasteiger partial charge in [0.1, 0.15) is 12.3 Å². The third-order valence-electron chi connectivity index (χ3n) is 3.72. The molecule has 0 atom stereocenters. The monoisotopic (exact) mass is 359 g/mol. The summed E-state index contributed by atoms with van der Waals surface area (Å²) in [6, 6.07) is 13.1. The Morgan fingerprint density at radius 2 is 1.88 bits per heavy atom. The van der Waals surface area contributed by atoms with Crippen LogP contribution in [0.2, 0.25) is 0 Å². The van der Waals surface area contributed by atoms with Gasteiger partial charge in [0.25, 0.3) is 0 Å². The van der Waals surface area contributed by atoms with E-state index in [1.54, 1.807) is 42.5 Å². The molecule has 0 aliphatic carbocycles. The summed E-state index contributed by atoms with van der Waals surface area (Å²) in [5.74, 6) is -0.368. The summed E-state index contributed by atoms with van der Waals surface area (Å²) in [5.41, 5.74) is 0.741. The van der Waals surface area contributed by atoms with Crippen molar-refractivity contribution in [2.45, 2.75) is 19.7 Å². The van der Waals surface area contributed by atoms with Gasteiger partial charge in [-0.1, -0.05) is 30.3 Å². The zero-order valence-electron chi connectivity index (χ0n) is 13.6. The van der Waals surface area contributed by atoms with Gasteiger partial charge in [-0.15, -0.1) is 0 Å². The molecule has 3 aromatic rings. The van der Waals surface area contributed by atoms with E-state index in [4.69, 9.17) is 0 Å². The molecule has 0 unspecified atom stereocenters. The van der Waals surface area contributed by atoms with Crippen LogP contribution in [0.3, 0.4) is 0 Å². The molecule has 0 aliphatic rings. The van der Waals surface area contributed by atoms with E-state index in [0.717, 1.165) is 6.20 Å². The number of nitrogens with zero attached hydrogens (tertiary/aromatic N) is 2. The Hall–Kier alpha value is -3.29. The van der Waals surface area contributed by atoms with Crippen LogP contribution in [0.25, 0.3) is 10.9 Å². The van der Waals surface area contributed by atoms with Crippen molar-refractivity contribution in [3.63, 3.8) is 0 Å². The lowest BCUT2D eigenvalue weighted by atomic mass is 10.2. The first-order valence-electron chi connectivity index (χ1n) is 7.79. The maximum atomic E-state index is 12.4. The van der Waals surface area contributed by atoms with Crippen LogP contribution in [0.1, 0.15) is 5.56 Å². The Balaban J connectivity index is 1.71.